The molecule has 28 heavy (non-hydrogen) atoms. The molecule has 8 nitrogen and oxygen atoms in total. The molecule has 0 unspecified atom stereocenters. The number of carbonyl (C=O) groups is 1. The lowest BCUT2D eigenvalue weighted by molar-refractivity contribution is -0.384. The van der Waals surface area contributed by atoms with Crippen molar-refractivity contribution in [3.63, 3.8) is 0 Å². The van der Waals surface area contributed by atoms with Gasteiger partial charge in [0.25, 0.3) is 11.6 Å². The molecular formula is C19H21N3O5S. The van der Waals surface area contributed by atoms with E-state index in [2.05, 4.69) is 4.72 Å². The summed E-state index contributed by atoms with van der Waals surface area (Å²) in [6.07, 6.45) is 1.69. The van der Waals surface area contributed by atoms with Gasteiger partial charge >= 0.3 is 0 Å². The molecule has 1 aliphatic carbocycles. The second kappa shape index (κ2) is 7.69. The molecule has 1 atom stereocenters. The van der Waals surface area contributed by atoms with Crippen LogP contribution >= 0.6 is 0 Å². The highest BCUT2D eigenvalue weighted by atomic mass is 32.2. The smallest absolute Gasteiger partial charge is 0.269 e. The lowest BCUT2D eigenvalue weighted by atomic mass is 10.1. The number of amides is 1. The van der Waals surface area contributed by atoms with Gasteiger partial charge in [-0.25, -0.2) is 13.1 Å². The third kappa shape index (κ3) is 4.37. The van der Waals surface area contributed by atoms with Crippen molar-refractivity contribution in [1.82, 2.24) is 9.62 Å². The monoisotopic (exact) mass is 403 g/mol. The van der Waals surface area contributed by atoms with Gasteiger partial charge < -0.3 is 4.90 Å². The summed E-state index contributed by atoms with van der Waals surface area (Å²) in [6.45, 7) is 1.77. The van der Waals surface area contributed by atoms with Crippen molar-refractivity contribution in [1.29, 1.82) is 0 Å². The average molecular weight is 403 g/mol. The third-order valence-corrected chi connectivity index (χ3v) is 6.31. The van der Waals surface area contributed by atoms with Crippen LogP contribution < -0.4 is 4.72 Å². The van der Waals surface area contributed by atoms with Crippen molar-refractivity contribution >= 4 is 21.6 Å². The van der Waals surface area contributed by atoms with E-state index in [9.17, 15) is 23.3 Å². The third-order valence-electron chi connectivity index (χ3n) is 4.78. The number of nitrogens with zero attached hydrogens (tertiary/aromatic N) is 2. The van der Waals surface area contributed by atoms with Crippen LogP contribution in [-0.2, 0) is 10.0 Å². The number of sulfonamides is 1. The first-order valence-corrected chi connectivity index (χ1v) is 10.3. The summed E-state index contributed by atoms with van der Waals surface area (Å²) in [5, 5.41) is 11.0. The van der Waals surface area contributed by atoms with Crippen molar-refractivity contribution in [2.45, 2.75) is 36.7 Å². The topological polar surface area (TPSA) is 110 Å². The molecule has 2 aromatic rings. The van der Waals surface area contributed by atoms with Gasteiger partial charge in [-0.05, 0) is 49.6 Å². The first kappa shape index (κ1) is 20.0. The van der Waals surface area contributed by atoms with Gasteiger partial charge in [0.15, 0.2) is 0 Å². The first-order chi connectivity index (χ1) is 13.2. The minimum absolute atomic E-state index is 0.00761. The highest BCUT2D eigenvalue weighted by Crippen LogP contribution is 2.25. The Hall–Kier alpha value is -2.78. The lowest BCUT2D eigenvalue weighted by Gasteiger charge is -2.25. The minimum atomic E-state index is -3.57. The van der Waals surface area contributed by atoms with Gasteiger partial charge in [0, 0.05) is 30.8 Å². The normalized spacial score (nSPS) is 15.1. The standard InChI is InChI=1S/C19H21N3O5S/c1-13(15-4-3-5-17(12-15)22(24)25)21(2)19(23)14-6-10-18(11-7-14)28(26,27)20-16-8-9-16/h3-7,10-13,16,20H,8-9H2,1-2H3/t13-/m1/s1. The second-order valence-corrected chi connectivity index (χ2v) is 8.58. The number of hydrogen-bond acceptors (Lipinski definition) is 5. The molecule has 0 saturated heterocycles. The van der Waals surface area contributed by atoms with Gasteiger partial charge in [-0.2, -0.15) is 0 Å². The molecule has 0 heterocycles. The number of rotatable bonds is 7. The number of hydrogen-bond donors (Lipinski definition) is 1. The zero-order valence-corrected chi connectivity index (χ0v) is 16.3. The Morgan fingerprint density at radius 3 is 2.43 bits per heavy atom. The quantitative estimate of drug-likeness (QED) is 0.565. The van der Waals surface area contributed by atoms with Crippen LogP contribution in [0.15, 0.2) is 53.4 Å². The number of benzene rings is 2. The highest BCUT2D eigenvalue weighted by Gasteiger charge is 2.28. The Labute approximate surface area is 163 Å². The fourth-order valence-electron chi connectivity index (χ4n) is 2.77. The van der Waals surface area contributed by atoms with Crippen molar-refractivity contribution in [2.24, 2.45) is 0 Å². The maximum Gasteiger partial charge on any atom is 0.269 e. The molecule has 1 N–H and O–H groups in total. The Morgan fingerprint density at radius 1 is 1.21 bits per heavy atom. The van der Waals surface area contributed by atoms with E-state index in [0.29, 0.717) is 11.1 Å². The maximum atomic E-state index is 12.8. The molecular weight excluding hydrogens is 382 g/mol. The van der Waals surface area contributed by atoms with Gasteiger partial charge in [-0.3, -0.25) is 14.9 Å². The summed E-state index contributed by atoms with van der Waals surface area (Å²) in [6, 6.07) is 11.5. The summed E-state index contributed by atoms with van der Waals surface area (Å²) in [7, 11) is -1.97. The van der Waals surface area contributed by atoms with Crippen molar-refractivity contribution in [3.8, 4) is 0 Å². The number of nitro groups is 1. The number of nitro benzene ring substituents is 1. The molecule has 1 amide bonds. The van der Waals surface area contributed by atoms with E-state index >= 15 is 0 Å². The maximum absolute atomic E-state index is 12.8. The predicted octanol–water partition coefficient (Wildman–Crippen LogP) is 2.87. The molecule has 1 aliphatic rings. The van der Waals surface area contributed by atoms with E-state index in [1.165, 1.54) is 41.3 Å². The van der Waals surface area contributed by atoms with E-state index in [1.54, 1.807) is 26.1 Å². The molecule has 148 valence electrons. The lowest BCUT2D eigenvalue weighted by Crippen LogP contribution is -2.30. The fourth-order valence-corrected chi connectivity index (χ4v) is 4.07. The van der Waals surface area contributed by atoms with Crippen LogP contribution in [0.4, 0.5) is 5.69 Å². The molecule has 0 aliphatic heterocycles. The van der Waals surface area contributed by atoms with Crippen LogP contribution in [0.3, 0.4) is 0 Å². The molecule has 9 heteroatoms. The van der Waals surface area contributed by atoms with Crippen molar-refractivity contribution in [3.05, 3.63) is 69.8 Å². The van der Waals surface area contributed by atoms with Crippen LogP contribution in [0, 0.1) is 10.1 Å². The summed E-state index contributed by atoms with van der Waals surface area (Å²) in [5.41, 5.74) is 0.936. The molecule has 3 rings (SSSR count). The molecule has 1 saturated carbocycles. The summed E-state index contributed by atoms with van der Waals surface area (Å²) < 4.78 is 27.0. The van der Waals surface area contributed by atoms with Crippen molar-refractivity contribution in [2.75, 3.05) is 7.05 Å². The molecule has 0 radical (unpaired) electrons. The summed E-state index contributed by atoms with van der Waals surface area (Å²) in [4.78, 5) is 24.8. The molecule has 2 aromatic carbocycles. The van der Waals surface area contributed by atoms with Gasteiger partial charge in [-0.15, -0.1) is 0 Å². The zero-order chi connectivity index (χ0) is 20.5. The average Bonchev–Trinajstić information content (AvgIpc) is 3.49. The Balaban J connectivity index is 1.75. The highest BCUT2D eigenvalue weighted by molar-refractivity contribution is 7.89. The predicted molar refractivity (Wildman–Crippen MR) is 103 cm³/mol. The minimum Gasteiger partial charge on any atom is -0.335 e. The first-order valence-electron chi connectivity index (χ1n) is 8.83. The van der Waals surface area contributed by atoms with E-state index in [-0.39, 0.29) is 22.5 Å². The molecule has 0 bridgehead atoms. The summed E-state index contributed by atoms with van der Waals surface area (Å²) in [5.74, 6) is -0.307. The largest absolute Gasteiger partial charge is 0.335 e. The van der Waals surface area contributed by atoms with Gasteiger partial charge in [0.2, 0.25) is 10.0 Å². The fraction of sp³-hybridized carbons (Fsp3) is 0.316. The van der Waals surface area contributed by atoms with Crippen molar-refractivity contribution < 1.29 is 18.1 Å². The molecule has 0 spiro atoms. The summed E-state index contributed by atoms with van der Waals surface area (Å²) >= 11 is 0. The Bertz CT molecular complexity index is 1000. The van der Waals surface area contributed by atoms with E-state index in [4.69, 9.17) is 0 Å². The van der Waals surface area contributed by atoms with Gasteiger partial charge in [0.05, 0.1) is 15.9 Å². The SMILES string of the molecule is C[C@H](c1cccc([N+](=O)[O-])c1)N(C)C(=O)c1ccc(S(=O)(=O)NC2CC2)cc1. The molecule has 0 aromatic heterocycles. The van der Waals surface area contributed by atoms with Crippen LogP contribution in [0.2, 0.25) is 0 Å². The van der Waals surface area contributed by atoms with E-state index in [0.717, 1.165) is 12.8 Å². The van der Waals surface area contributed by atoms with Crippen LogP contribution in [0.1, 0.15) is 41.7 Å². The Morgan fingerprint density at radius 2 is 1.86 bits per heavy atom. The van der Waals surface area contributed by atoms with Gasteiger partial charge in [0.1, 0.15) is 0 Å². The Kier molecular flexibility index (Phi) is 5.48. The number of nitrogens with one attached hydrogen (secondary N) is 1. The van der Waals surface area contributed by atoms with Crippen LogP contribution in [-0.4, -0.2) is 37.2 Å². The van der Waals surface area contributed by atoms with E-state index < -0.39 is 21.0 Å². The van der Waals surface area contributed by atoms with Crippen LogP contribution in [0.25, 0.3) is 0 Å². The number of carbonyl (C=O) groups excluding carboxylic acids is 1. The number of non-ortho nitro benzene ring substituents is 1. The van der Waals surface area contributed by atoms with E-state index in [1.807, 2.05) is 0 Å². The molecule has 1 fully saturated rings. The zero-order valence-electron chi connectivity index (χ0n) is 15.5. The van der Waals surface area contributed by atoms with Gasteiger partial charge in [-0.1, -0.05) is 12.1 Å². The van der Waals surface area contributed by atoms with Crippen LogP contribution in [0.5, 0.6) is 0 Å². The second-order valence-electron chi connectivity index (χ2n) is 6.86.